The summed E-state index contributed by atoms with van der Waals surface area (Å²) in [5.74, 6) is -0.0511. The summed E-state index contributed by atoms with van der Waals surface area (Å²) in [6.45, 7) is 3.38. The number of carbonyl (C=O) groups is 1. The maximum Gasteiger partial charge on any atom is 0.238 e. The number of aliphatic hydroxyl groups excluding tert-OH is 1. The monoisotopic (exact) mass is 279 g/mol. The van der Waals surface area contributed by atoms with Crippen molar-refractivity contribution in [3.63, 3.8) is 0 Å². The van der Waals surface area contributed by atoms with Crippen molar-refractivity contribution in [3.8, 4) is 6.07 Å². The SMILES string of the molecule is C[C@@H](C(=O)NC1(C#N)CCCCC1)N1CCC(O)CC1. The smallest absolute Gasteiger partial charge is 0.238 e. The van der Waals surface area contributed by atoms with Gasteiger partial charge in [0, 0.05) is 13.1 Å². The van der Waals surface area contributed by atoms with Crippen LogP contribution < -0.4 is 5.32 Å². The highest BCUT2D eigenvalue weighted by Gasteiger charge is 2.36. The molecule has 0 bridgehead atoms. The molecule has 1 saturated heterocycles. The molecule has 2 rings (SSSR count). The van der Waals surface area contributed by atoms with Crippen LogP contribution in [0.4, 0.5) is 0 Å². The Morgan fingerprint density at radius 3 is 2.50 bits per heavy atom. The van der Waals surface area contributed by atoms with Crippen molar-refractivity contribution in [3.05, 3.63) is 0 Å². The molecule has 0 aromatic carbocycles. The number of rotatable bonds is 3. The number of hydrogen-bond donors (Lipinski definition) is 2. The van der Waals surface area contributed by atoms with Gasteiger partial charge in [0.15, 0.2) is 0 Å². The fourth-order valence-electron chi connectivity index (χ4n) is 3.20. The largest absolute Gasteiger partial charge is 0.393 e. The van der Waals surface area contributed by atoms with Crippen molar-refractivity contribution in [2.24, 2.45) is 0 Å². The van der Waals surface area contributed by atoms with Crippen LogP contribution in [0.25, 0.3) is 0 Å². The van der Waals surface area contributed by atoms with Crippen LogP contribution in [0.5, 0.6) is 0 Å². The Bertz CT molecular complexity index is 377. The molecule has 5 nitrogen and oxygen atoms in total. The molecule has 2 aliphatic rings. The molecule has 0 unspecified atom stereocenters. The van der Waals surface area contributed by atoms with Gasteiger partial charge in [0.25, 0.3) is 0 Å². The first-order valence-corrected chi connectivity index (χ1v) is 7.72. The molecule has 5 heteroatoms. The van der Waals surface area contributed by atoms with E-state index in [1.54, 1.807) is 0 Å². The van der Waals surface area contributed by atoms with Crippen molar-refractivity contribution in [2.75, 3.05) is 13.1 Å². The lowest BCUT2D eigenvalue weighted by Gasteiger charge is -2.37. The van der Waals surface area contributed by atoms with E-state index in [1.165, 1.54) is 0 Å². The number of piperidine rings is 1. The van der Waals surface area contributed by atoms with Gasteiger partial charge in [-0.3, -0.25) is 9.69 Å². The third-order valence-electron chi connectivity index (χ3n) is 4.71. The second-order valence-electron chi connectivity index (χ2n) is 6.19. The van der Waals surface area contributed by atoms with Crippen molar-refractivity contribution in [2.45, 2.75) is 69.6 Å². The first kappa shape index (κ1) is 15.3. The quantitative estimate of drug-likeness (QED) is 0.813. The van der Waals surface area contributed by atoms with E-state index in [1.807, 2.05) is 6.92 Å². The maximum atomic E-state index is 12.4. The van der Waals surface area contributed by atoms with E-state index < -0.39 is 5.54 Å². The predicted molar refractivity (Wildman–Crippen MR) is 75.8 cm³/mol. The minimum absolute atomic E-state index is 0.0511. The number of nitrogens with one attached hydrogen (secondary N) is 1. The van der Waals surface area contributed by atoms with Crippen LogP contribution in [0.3, 0.4) is 0 Å². The van der Waals surface area contributed by atoms with Gasteiger partial charge in [-0.1, -0.05) is 19.3 Å². The number of nitrogens with zero attached hydrogens (tertiary/aromatic N) is 2. The molecule has 0 radical (unpaired) electrons. The summed E-state index contributed by atoms with van der Waals surface area (Å²) in [5.41, 5.74) is -0.654. The molecule has 20 heavy (non-hydrogen) atoms. The van der Waals surface area contributed by atoms with Crippen LogP contribution >= 0.6 is 0 Å². The van der Waals surface area contributed by atoms with Crippen LogP contribution in [-0.4, -0.2) is 46.7 Å². The van der Waals surface area contributed by atoms with Crippen LogP contribution in [0, 0.1) is 11.3 Å². The molecule has 2 fully saturated rings. The standard InChI is InChI=1S/C15H25N3O2/c1-12(18-9-5-13(19)6-10-18)14(20)17-15(11-16)7-3-2-4-8-15/h12-13,19H,2-10H2,1H3,(H,17,20)/t12-/m0/s1. The summed E-state index contributed by atoms with van der Waals surface area (Å²) in [5, 5.41) is 21.9. The van der Waals surface area contributed by atoms with Gasteiger partial charge in [-0.05, 0) is 32.6 Å². The Kier molecular flexibility index (Phi) is 5.00. The molecule has 1 aliphatic heterocycles. The van der Waals surface area contributed by atoms with Crippen LogP contribution in [0.15, 0.2) is 0 Å². The lowest BCUT2D eigenvalue weighted by atomic mass is 9.82. The summed E-state index contributed by atoms with van der Waals surface area (Å²) in [6.07, 6.45) is 5.92. The van der Waals surface area contributed by atoms with E-state index in [4.69, 9.17) is 0 Å². The number of nitriles is 1. The summed E-state index contributed by atoms with van der Waals surface area (Å²) in [4.78, 5) is 14.5. The van der Waals surface area contributed by atoms with Gasteiger partial charge in [-0.25, -0.2) is 0 Å². The zero-order valence-electron chi connectivity index (χ0n) is 12.3. The molecule has 2 N–H and O–H groups in total. The molecule has 1 amide bonds. The van der Waals surface area contributed by atoms with E-state index in [9.17, 15) is 15.2 Å². The molecule has 0 aromatic rings. The maximum absolute atomic E-state index is 12.4. The normalized spacial score (nSPS) is 25.6. The van der Waals surface area contributed by atoms with Gasteiger partial charge in [-0.2, -0.15) is 5.26 Å². The third-order valence-corrected chi connectivity index (χ3v) is 4.71. The van der Waals surface area contributed by atoms with E-state index in [0.29, 0.717) is 0 Å². The highest BCUT2D eigenvalue weighted by molar-refractivity contribution is 5.82. The minimum Gasteiger partial charge on any atom is -0.393 e. The molecule has 0 aromatic heterocycles. The summed E-state index contributed by atoms with van der Waals surface area (Å²) >= 11 is 0. The molecule has 1 saturated carbocycles. The zero-order valence-corrected chi connectivity index (χ0v) is 12.3. The van der Waals surface area contributed by atoms with Crippen molar-refractivity contribution >= 4 is 5.91 Å². The van der Waals surface area contributed by atoms with Gasteiger partial charge in [0.1, 0.15) is 5.54 Å². The number of aliphatic hydroxyl groups is 1. The van der Waals surface area contributed by atoms with E-state index in [2.05, 4.69) is 16.3 Å². The Hall–Kier alpha value is -1.12. The fraction of sp³-hybridized carbons (Fsp3) is 0.867. The highest BCUT2D eigenvalue weighted by atomic mass is 16.3. The van der Waals surface area contributed by atoms with Crippen molar-refractivity contribution in [1.29, 1.82) is 5.26 Å². The lowest BCUT2D eigenvalue weighted by molar-refractivity contribution is -0.128. The van der Waals surface area contributed by atoms with Crippen LogP contribution in [-0.2, 0) is 4.79 Å². The number of amides is 1. The van der Waals surface area contributed by atoms with Gasteiger partial charge in [0.05, 0.1) is 18.2 Å². The number of likely N-dealkylation sites (tertiary alicyclic amines) is 1. The first-order valence-electron chi connectivity index (χ1n) is 7.72. The van der Waals surface area contributed by atoms with Gasteiger partial charge in [0.2, 0.25) is 5.91 Å². The van der Waals surface area contributed by atoms with Gasteiger partial charge in [-0.15, -0.1) is 0 Å². The fourth-order valence-corrected chi connectivity index (χ4v) is 3.20. The predicted octanol–water partition coefficient (Wildman–Crippen LogP) is 1.17. The Balaban J connectivity index is 1.91. The number of carbonyl (C=O) groups excluding carboxylic acids is 1. The van der Waals surface area contributed by atoms with Gasteiger partial charge >= 0.3 is 0 Å². The molecular formula is C15H25N3O2. The Morgan fingerprint density at radius 2 is 1.95 bits per heavy atom. The Labute approximate surface area is 120 Å². The van der Waals surface area contributed by atoms with Crippen LogP contribution in [0.1, 0.15) is 51.9 Å². The van der Waals surface area contributed by atoms with Crippen molar-refractivity contribution < 1.29 is 9.90 Å². The second kappa shape index (κ2) is 6.55. The molecule has 1 heterocycles. The average Bonchev–Trinajstić information content (AvgIpc) is 2.48. The number of hydrogen-bond acceptors (Lipinski definition) is 4. The third kappa shape index (κ3) is 3.50. The molecule has 1 atom stereocenters. The highest BCUT2D eigenvalue weighted by Crippen LogP contribution is 2.27. The van der Waals surface area contributed by atoms with E-state index in [-0.39, 0.29) is 18.1 Å². The first-order chi connectivity index (χ1) is 9.56. The summed E-state index contributed by atoms with van der Waals surface area (Å²) in [6, 6.07) is 2.10. The average molecular weight is 279 g/mol. The lowest BCUT2D eigenvalue weighted by Crippen LogP contribution is -2.56. The second-order valence-corrected chi connectivity index (χ2v) is 6.19. The van der Waals surface area contributed by atoms with Gasteiger partial charge < -0.3 is 10.4 Å². The molecular weight excluding hydrogens is 254 g/mol. The topological polar surface area (TPSA) is 76.4 Å². The molecule has 112 valence electrons. The minimum atomic E-state index is -0.654. The van der Waals surface area contributed by atoms with Crippen molar-refractivity contribution in [1.82, 2.24) is 10.2 Å². The summed E-state index contributed by atoms with van der Waals surface area (Å²) in [7, 11) is 0. The molecule has 0 spiro atoms. The summed E-state index contributed by atoms with van der Waals surface area (Å²) < 4.78 is 0. The van der Waals surface area contributed by atoms with E-state index >= 15 is 0 Å². The molecule has 1 aliphatic carbocycles. The zero-order chi connectivity index (χ0) is 14.6. The van der Waals surface area contributed by atoms with Crippen LogP contribution in [0.2, 0.25) is 0 Å². The Morgan fingerprint density at radius 1 is 1.35 bits per heavy atom. The van der Waals surface area contributed by atoms with E-state index in [0.717, 1.165) is 58.0 Å².